The molecule has 2 aromatic carbocycles. The zero-order valence-electron chi connectivity index (χ0n) is 14.2. The Labute approximate surface area is 152 Å². The van der Waals surface area contributed by atoms with Crippen molar-refractivity contribution < 1.29 is 9.59 Å². The second-order valence-electron chi connectivity index (χ2n) is 6.15. The van der Waals surface area contributed by atoms with Crippen LogP contribution in [0.1, 0.15) is 18.1 Å². The highest BCUT2D eigenvalue weighted by Crippen LogP contribution is 2.28. The molecule has 0 radical (unpaired) electrons. The highest BCUT2D eigenvalue weighted by Gasteiger charge is 2.28. The maximum atomic E-state index is 12.7. The van der Waals surface area contributed by atoms with E-state index in [0.717, 1.165) is 23.2 Å². The standard InChI is InChI=1S/C19H20ClN3O2/c1-12-7-8-15(20)11-16(12)22-19(25)21-13(2)18(24)23-10-9-14-5-3-4-6-17(14)23/h3-8,11,13H,9-10H2,1-2H3,(H2,21,22,25)/t13-/m0/s1. The van der Waals surface area contributed by atoms with Gasteiger partial charge in [-0.25, -0.2) is 4.79 Å². The Morgan fingerprint density at radius 3 is 2.76 bits per heavy atom. The molecule has 0 saturated carbocycles. The summed E-state index contributed by atoms with van der Waals surface area (Å²) in [5.74, 6) is -0.122. The average molecular weight is 358 g/mol. The van der Waals surface area contributed by atoms with Crippen molar-refractivity contribution in [1.82, 2.24) is 5.32 Å². The van der Waals surface area contributed by atoms with Gasteiger partial charge in [-0.3, -0.25) is 4.79 Å². The van der Waals surface area contributed by atoms with Crippen molar-refractivity contribution in [3.8, 4) is 0 Å². The van der Waals surface area contributed by atoms with Crippen molar-refractivity contribution in [2.75, 3.05) is 16.8 Å². The van der Waals surface area contributed by atoms with Crippen LogP contribution in [0.5, 0.6) is 0 Å². The molecular weight excluding hydrogens is 338 g/mol. The molecule has 25 heavy (non-hydrogen) atoms. The quantitative estimate of drug-likeness (QED) is 0.878. The summed E-state index contributed by atoms with van der Waals surface area (Å²) >= 11 is 5.96. The number of carbonyl (C=O) groups is 2. The van der Waals surface area contributed by atoms with E-state index in [9.17, 15) is 9.59 Å². The van der Waals surface area contributed by atoms with Crippen LogP contribution in [0.4, 0.5) is 16.2 Å². The number of amides is 3. The number of rotatable bonds is 3. The van der Waals surface area contributed by atoms with Crippen LogP contribution >= 0.6 is 11.6 Å². The van der Waals surface area contributed by atoms with Gasteiger partial charge in [-0.05, 0) is 49.6 Å². The molecule has 1 aliphatic rings. The minimum absolute atomic E-state index is 0.122. The van der Waals surface area contributed by atoms with E-state index in [0.29, 0.717) is 17.3 Å². The molecule has 0 fully saturated rings. The van der Waals surface area contributed by atoms with E-state index < -0.39 is 12.1 Å². The lowest BCUT2D eigenvalue weighted by Gasteiger charge is -2.22. The first-order valence-electron chi connectivity index (χ1n) is 8.18. The van der Waals surface area contributed by atoms with E-state index in [1.807, 2.05) is 37.3 Å². The van der Waals surface area contributed by atoms with E-state index in [1.165, 1.54) is 0 Å². The summed E-state index contributed by atoms with van der Waals surface area (Å²) in [7, 11) is 0. The predicted molar refractivity (Wildman–Crippen MR) is 100 cm³/mol. The second kappa shape index (κ2) is 7.15. The number of carbonyl (C=O) groups excluding carboxylic acids is 2. The molecule has 1 aliphatic heterocycles. The van der Waals surface area contributed by atoms with Crippen LogP contribution < -0.4 is 15.5 Å². The van der Waals surface area contributed by atoms with Gasteiger partial charge >= 0.3 is 6.03 Å². The molecule has 0 saturated heterocycles. The van der Waals surface area contributed by atoms with Crippen LogP contribution in [-0.2, 0) is 11.2 Å². The summed E-state index contributed by atoms with van der Waals surface area (Å²) in [5.41, 5.74) is 3.59. The number of aryl methyl sites for hydroxylation is 1. The van der Waals surface area contributed by atoms with Crippen LogP contribution in [0.15, 0.2) is 42.5 Å². The monoisotopic (exact) mass is 357 g/mol. The van der Waals surface area contributed by atoms with Crippen LogP contribution in [0, 0.1) is 6.92 Å². The lowest BCUT2D eigenvalue weighted by Crippen LogP contribution is -2.47. The maximum Gasteiger partial charge on any atom is 0.319 e. The molecule has 1 heterocycles. The normalized spacial score (nSPS) is 14.0. The summed E-state index contributed by atoms with van der Waals surface area (Å²) in [5, 5.41) is 5.98. The number of halogens is 1. The van der Waals surface area contributed by atoms with E-state index in [-0.39, 0.29) is 5.91 Å². The number of hydrogen-bond acceptors (Lipinski definition) is 2. The minimum atomic E-state index is -0.634. The molecule has 0 aromatic heterocycles. The van der Waals surface area contributed by atoms with E-state index in [2.05, 4.69) is 10.6 Å². The summed E-state index contributed by atoms with van der Waals surface area (Å²) in [6.45, 7) is 4.20. The molecule has 3 rings (SSSR count). The average Bonchev–Trinajstić information content (AvgIpc) is 3.01. The number of benzene rings is 2. The Morgan fingerprint density at radius 1 is 1.20 bits per heavy atom. The number of nitrogens with zero attached hydrogens (tertiary/aromatic N) is 1. The van der Waals surface area contributed by atoms with Gasteiger partial charge in [-0.1, -0.05) is 35.9 Å². The van der Waals surface area contributed by atoms with Crippen molar-refractivity contribution in [2.45, 2.75) is 26.3 Å². The molecule has 2 N–H and O–H groups in total. The molecule has 0 aliphatic carbocycles. The molecule has 3 amide bonds. The van der Waals surface area contributed by atoms with Gasteiger partial charge in [-0.15, -0.1) is 0 Å². The zero-order chi connectivity index (χ0) is 18.0. The SMILES string of the molecule is Cc1ccc(Cl)cc1NC(=O)N[C@@H](C)C(=O)N1CCc2ccccc21. The van der Waals surface area contributed by atoms with Crippen molar-refractivity contribution in [2.24, 2.45) is 0 Å². The Hall–Kier alpha value is -2.53. The van der Waals surface area contributed by atoms with E-state index in [4.69, 9.17) is 11.6 Å². The Bertz CT molecular complexity index is 822. The molecule has 0 unspecified atom stereocenters. The lowest BCUT2D eigenvalue weighted by molar-refractivity contribution is -0.119. The number of hydrogen-bond donors (Lipinski definition) is 2. The smallest absolute Gasteiger partial charge is 0.319 e. The number of para-hydroxylation sites is 1. The Balaban J connectivity index is 1.64. The molecule has 130 valence electrons. The number of fused-ring (bicyclic) bond motifs is 1. The third-order valence-corrected chi connectivity index (χ3v) is 4.55. The molecular formula is C19H20ClN3O2. The van der Waals surface area contributed by atoms with Gasteiger partial charge in [0.1, 0.15) is 6.04 Å². The summed E-state index contributed by atoms with van der Waals surface area (Å²) < 4.78 is 0. The van der Waals surface area contributed by atoms with Gasteiger partial charge in [0, 0.05) is 22.9 Å². The van der Waals surface area contributed by atoms with Crippen LogP contribution in [0.3, 0.4) is 0 Å². The van der Waals surface area contributed by atoms with Crippen LogP contribution in [0.2, 0.25) is 5.02 Å². The minimum Gasteiger partial charge on any atom is -0.326 e. The van der Waals surface area contributed by atoms with Crippen molar-refractivity contribution in [3.63, 3.8) is 0 Å². The fourth-order valence-electron chi connectivity index (χ4n) is 2.95. The van der Waals surface area contributed by atoms with Gasteiger partial charge in [0.15, 0.2) is 0 Å². The summed E-state index contributed by atoms with van der Waals surface area (Å²) in [4.78, 5) is 26.6. The first-order valence-corrected chi connectivity index (χ1v) is 8.56. The fraction of sp³-hybridized carbons (Fsp3) is 0.263. The fourth-order valence-corrected chi connectivity index (χ4v) is 3.12. The third kappa shape index (κ3) is 3.77. The van der Waals surface area contributed by atoms with Crippen molar-refractivity contribution >= 4 is 34.9 Å². The number of nitrogens with one attached hydrogen (secondary N) is 2. The van der Waals surface area contributed by atoms with Crippen LogP contribution in [-0.4, -0.2) is 24.5 Å². The van der Waals surface area contributed by atoms with Gasteiger partial charge < -0.3 is 15.5 Å². The zero-order valence-corrected chi connectivity index (χ0v) is 14.9. The van der Waals surface area contributed by atoms with E-state index >= 15 is 0 Å². The third-order valence-electron chi connectivity index (χ3n) is 4.32. The first kappa shape index (κ1) is 17.3. The van der Waals surface area contributed by atoms with Crippen LogP contribution in [0.25, 0.3) is 0 Å². The molecule has 2 aromatic rings. The van der Waals surface area contributed by atoms with Gasteiger partial charge in [0.05, 0.1) is 0 Å². The first-order chi connectivity index (χ1) is 12.0. The number of anilines is 2. The van der Waals surface area contributed by atoms with Gasteiger partial charge in [-0.2, -0.15) is 0 Å². The van der Waals surface area contributed by atoms with Gasteiger partial charge in [0.2, 0.25) is 5.91 Å². The van der Waals surface area contributed by atoms with E-state index in [1.54, 1.807) is 24.0 Å². The highest BCUT2D eigenvalue weighted by molar-refractivity contribution is 6.31. The maximum absolute atomic E-state index is 12.7. The molecule has 0 spiro atoms. The Morgan fingerprint density at radius 2 is 1.96 bits per heavy atom. The molecule has 5 nitrogen and oxygen atoms in total. The number of urea groups is 1. The lowest BCUT2D eigenvalue weighted by atomic mass is 10.2. The molecule has 1 atom stereocenters. The highest BCUT2D eigenvalue weighted by atomic mass is 35.5. The Kier molecular flexibility index (Phi) is 4.95. The largest absolute Gasteiger partial charge is 0.326 e. The molecule has 0 bridgehead atoms. The van der Waals surface area contributed by atoms with Crippen molar-refractivity contribution in [1.29, 1.82) is 0 Å². The summed E-state index contributed by atoms with van der Waals surface area (Å²) in [6, 6.07) is 12.0. The van der Waals surface area contributed by atoms with Gasteiger partial charge in [0.25, 0.3) is 0 Å². The molecule has 6 heteroatoms. The van der Waals surface area contributed by atoms with Crippen molar-refractivity contribution in [3.05, 3.63) is 58.6 Å². The predicted octanol–water partition coefficient (Wildman–Crippen LogP) is 3.75. The topological polar surface area (TPSA) is 61.4 Å². The summed E-state index contributed by atoms with van der Waals surface area (Å²) in [6.07, 6.45) is 0.836. The second-order valence-corrected chi connectivity index (χ2v) is 6.58.